The van der Waals surface area contributed by atoms with E-state index in [1.807, 2.05) is 72.8 Å². The third-order valence-corrected chi connectivity index (χ3v) is 8.06. The van der Waals surface area contributed by atoms with Gasteiger partial charge in [0.05, 0.1) is 6.04 Å². The predicted octanol–water partition coefficient (Wildman–Crippen LogP) is 6.77. The second kappa shape index (κ2) is 13.9. The van der Waals surface area contributed by atoms with Crippen LogP contribution in [-0.4, -0.2) is 28.6 Å². The van der Waals surface area contributed by atoms with Crippen LogP contribution in [-0.2, 0) is 11.2 Å². The number of hydrogen-bond acceptors (Lipinski definition) is 5. The van der Waals surface area contributed by atoms with E-state index in [-0.39, 0.29) is 23.9 Å². The Labute approximate surface area is 246 Å². The smallest absolute Gasteiger partial charge is 0.248 e. The Morgan fingerprint density at radius 3 is 2.19 bits per heavy atom. The largest absolute Gasteiger partial charge is 0.432 e. The molecule has 0 radical (unpaired) electrons. The summed E-state index contributed by atoms with van der Waals surface area (Å²) in [5.74, 6) is -0.0649. The Hall–Kier alpha value is -4.52. The summed E-state index contributed by atoms with van der Waals surface area (Å²) >= 11 is 0. The third-order valence-electron chi connectivity index (χ3n) is 8.06. The molecule has 3 N–H and O–H groups in total. The van der Waals surface area contributed by atoms with Gasteiger partial charge in [-0.2, -0.15) is 0 Å². The fourth-order valence-corrected chi connectivity index (χ4v) is 5.77. The zero-order chi connectivity index (χ0) is 29.3. The summed E-state index contributed by atoms with van der Waals surface area (Å²) < 4.78 is 6.16. The second-order valence-corrected chi connectivity index (χ2v) is 11.0. The molecule has 0 spiro atoms. The molecule has 1 fully saturated rings. The standard InChI is InChI=1S/C35H37N3O4/c36-34(41)28-19-11-10-14-25(28)21-22-29(37-30(39)23-20-24-12-4-1-5-13-24)32(40)33-31(26-15-6-2-7-16-26)38-35(42-33)27-17-8-3-9-18-27/h2-3,6-11,14-19,24,29H,1,4-5,12-13,20-23H2,(H2,36,41)(H,37,39)/t29-/m0/s1. The molecule has 1 aliphatic rings. The molecule has 42 heavy (non-hydrogen) atoms. The van der Waals surface area contributed by atoms with Crippen LogP contribution in [0.2, 0.25) is 0 Å². The van der Waals surface area contributed by atoms with Crippen LogP contribution in [0.5, 0.6) is 0 Å². The molecule has 1 aliphatic carbocycles. The number of amides is 2. The van der Waals surface area contributed by atoms with Crippen molar-refractivity contribution in [2.75, 3.05) is 0 Å². The van der Waals surface area contributed by atoms with Gasteiger partial charge in [-0.3, -0.25) is 14.4 Å². The van der Waals surface area contributed by atoms with E-state index in [4.69, 9.17) is 15.1 Å². The molecule has 1 atom stereocenters. The van der Waals surface area contributed by atoms with E-state index < -0.39 is 11.9 Å². The third kappa shape index (κ3) is 7.21. The van der Waals surface area contributed by atoms with Crippen LogP contribution in [0.25, 0.3) is 22.7 Å². The average Bonchev–Trinajstić information content (AvgIpc) is 3.49. The lowest BCUT2D eigenvalue weighted by molar-refractivity contribution is -0.122. The number of nitrogens with two attached hydrogens (primary N) is 1. The summed E-state index contributed by atoms with van der Waals surface area (Å²) in [6.07, 6.45) is 7.82. The number of carbonyl (C=O) groups is 3. The fourth-order valence-electron chi connectivity index (χ4n) is 5.77. The number of primary amides is 1. The summed E-state index contributed by atoms with van der Waals surface area (Å²) in [7, 11) is 0. The molecule has 5 rings (SSSR count). The van der Waals surface area contributed by atoms with Gasteiger partial charge in [0.25, 0.3) is 0 Å². The number of benzene rings is 3. The first-order chi connectivity index (χ1) is 20.5. The van der Waals surface area contributed by atoms with Gasteiger partial charge in [0.2, 0.25) is 29.2 Å². The quantitative estimate of drug-likeness (QED) is 0.185. The molecular formula is C35H37N3O4. The Morgan fingerprint density at radius 2 is 1.50 bits per heavy atom. The van der Waals surface area contributed by atoms with Gasteiger partial charge in [-0.05, 0) is 48.9 Å². The van der Waals surface area contributed by atoms with Crippen molar-refractivity contribution >= 4 is 17.6 Å². The Balaban J connectivity index is 1.44. The van der Waals surface area contributed by atoms with Crippen LogP contribution < -0.4 is 11.1 Å². The highest BCUT2D eigenvalue weighted by atomic mass is 16.4. The lowest BCUT2D eigenvalue weighted by Gasteiger charge is -2.22. The van der Waals surface area contributed by atoms with Crippen molar-refractivity contribution in [3.63, 3.8) is 0 Å². The number of Topliss-reactive ketones (excluding diaryl/α,β-unsaturated/α-hetero) is 1. The van der Waals surface area contributed by atoms with Crippen LogP contribution in [0, 0.1) is 5.92 Å². The number of nitrogens with zero attached hydrogens (tertiary/aromatic N) is 1. The highest BCUT2D eigenvalue weighted by Crippen LogP contribution is 2.31. The van der Waals surface area contributed by atoms with Gasteiger partial charge in [0.1, 0.15) is 5.69 Å². The van der Waals surface area contributed by atoms with Gasteiger partial charge in [-0.1, -0.05) is 98.8 Å². The average molecular weight is 564 g/mol. The Bertz CT molecular complexity index is 1510. The van der Waals surface area contributed by atoms with Gasteiger partial charge in [0, 0.05) is 23.1 Å². The van der Waals surface area contributed by atoms with E-state index >= 15 is 0 Å². The van der Waals surface area contributed by atoms with Gasteiger partial charge in [-0.15, -0.1) is 0 Å². The molecule has 0 unspecified atom stereocenters. The summed E-state index contributed by atoms with van der Waals surface area (Å²) in [6.45, 7) is 0. The topological polar surface area (TPSA) is 115 Å². The lowest BCUT2D eigenvalue weighted by Crippen LogP contribution is -2.41. The summed E-state index contributed by atoms with van der Waals surface area (Å²) in [5.41, 5.74) is 8.66. The molecule has 4 aromatic rings. The van der Waals surface area contributed by atoms with Gasteiger partial charge < -0.3 is 15.5 Å². The first-order valence-electron chi connectivity index (χ1n) is 14.8. The first kappa shape index (κ1) is 29.0. The van der Waals surface area contributed by atoms with E-state index in [9.17, 15) is 14.4 Å². The fraction of sp³-hybridized carbons (Fsp3) is 0.314. The highest BCUT2D eigenvalue weighted by molar-refractivity contribution is 6.04. The number of aryl methyl sites for hydroxylation is 1. The second-order valence-electron chi connectivity index (χ2n) is 11.0. The van der Waals surface area contributed by atoms with Crippen molar-refractivity contribution in [3.05, 3.63) is 102 Å². The molecule has 0 aliphatic heterocycles. The summed E-state index contributed by atoms with van der Waals surface area (Å²) in [6, 6.07) is 25.0. The van der Waals surface area contributed by atoms with Crippen molar-refractivity contribution < 1.29 is 18.8 Å². The number of nitrogens with one attached hydrogen (secondary N) is 1. The van der Waals surface area contributed by atoms with Crippen LogP contribution in [0.15, 0.2) is 89.3 Å². The van der Waals surface area contributed by atoms with Crippen molar-refractivity contribution in [1.82, 2.24) is 10.3 Å². The van der Waals surface area contributed by atoms with Crippen molar-refractivity contribution in [3.8, 4) is 22.7 Å². The zero-order valence-electron chi connectivity index (χ0n) is 23.8. The molecule has 216 valence electrons. The van der Waals surface area contributed by atoms with Gasteiger partial charge >= 0.3 is 0 Å². The molecular weight excluding hydrogens is 526 g/mol. The maximum atomic E-state index is 14.2. The van der Waals surface area contributed by atoms with E-state index in [1.165, 1.54) is 19.3 Å². The molecule has 1 aromatic heterocycles. The highest BCUT2D eigenvalue weighted by Gasteiger charge is 2.30. The molecule has 1 heterocycles. The van der Waals surface area contributed by atoms with Crippen molar-refractivity contribution in [2.45, 2.75) is 63.8 Å². The number of rotatable bonds is 12. The van der Waals surface area contributed by atoms with E-state index in [0.29, 0.717) is 35.9 Å². The maximum absolute atomic E-state index is 14.2. The molecule has 1 saturated carbocycles. The first-order valence-corrected chi connectivity index (χ1v) is 14.8. The van der Waals surface area contributed by atoms with Crippen molar-refractivity contribution in [2.24, 2.45) is 11.7 Å². The summed E-state index contributed by atoms with van der Waals surface area (Å²) in [4.78, 5) is 44.2. The number of aromatic nitrogens is 1. The minimum Gasteiger partial charge on any atom is -0.432 e. The normalized spacial score (nSPS) is 14.3. The molecule has 2 amide bonds. The maximum Gasteiger partial charge on any atom is 0.248 e. The monoisotopic (exact) mass is 563 g/mol. The molecule has 7 nitrogen and oxygen atoms in total. The van der Waals surface area contributed by atoms with Crippen LogP contribution >= 0.6 is 0 Å². The van der Waals surface area contributed by atoms with E-state index in [1.54, 1.807) is 12.1 Å². The molecule has 3 aromatic carbocycles. The van der Waals surface area contributed by atoms with Crippen LogP contribution in [0.1, 0.15) is 77.8 Å². The molecule has 7 heteroatoms. The van der Waals surface area contributed by atoms with E-state index in [2.05, 4.69) is 5.32 Å². The van der Waals surface area contributed by atoms with Gasteiger partial charge in [-0.25, -0.2) is 4.98 Å². The van der Waals surface area contributed by atoms with Crippen molar-refractivity contribution in [1.29, 1.82) is 0 Å². The van der Waals surface area contributed by atoms with Gasteiger partial charge in [0.15, 0.2) is 0 Å². The Morgan fingerprint density at radius 1 is 0.857 bits per heavy atom. The number of oxazole rings is 1. The minimum absolute atomic E-state index is 0.0980. The predicted molar refractivity (Wildman–Crippen MR) is 163 cm³/mol. The Kier molecular flexibility index (Phi) is 9.59. The van der Waals surface area contributed by atoms with Crippen LogP contribution in [0.4, 0.5) is 0 Å². The number of carbonyl (C=O) groups excluding carboxylic acids is 3. The SMILES string of the molecule is NC(=O)c1ccccc1CC[C@H](NC(=O)CCC1CCCCC1)C(=O)c1oc(-c2ccccc2)nc1-c1ccccc1. The zero-order valence-corrected chi connectivity index (χ0v) is 23.8. The molecule has 0 bridgehead atoms. The van der Waals surface area contributed by atoms with Crippen LogP contribution in [0.3, 0.4) is 0 Å². The molecule has 0 saturated heterocycles. The number of hydrogen-bond donors (Lipinski definition) is 2. The van der Waals surface area contributed by atoms with E-state index in [0.717, 1.165) is 36.0 Å². The number of ketones is 1. The minimum atomic E-state index is -0.871. The lowest BCUT2D eigenvalue weighted by atomic mass is 9.86. The summed E-state index contributed by atoms with van der Waals surface area (Å²) in [5, 5.41) is 3.01.